The summed E-state index contributed by atoms with van der Waals surface area (Å²) in [5.74, 6) is 0.302. The Morgan fingerprint density at radius 3 is 2.80 bits per heavy atom. The van der Waals surface area contributed by atoms with Crippen LogP contribution < -0.4 is 10.1 Å². The Morgan fingerprint density at radius 2 is 2.08 bits per heavy atom. The van der Waals surface area contributed by atoms with Gasteiger partial charge < -0.3 is 10.1 Å². The first-order valence-corrected chi connectivity index (χ1v) is 8.09. The molecule has 2 aromatic heterocycles. The number of hydrogen-bond donors (Lipinski definition) is 1. The van der Waals surface area contributed by atoms with Gasteiger partial charge in [-0.3, -0.25) is 9.48 Å². The number of para-hydroxylation sites is 1. The molecule has 0 spiro atoms. The molecule has 130 valence electrons. The number of ether oxygens (including phenoxy) is 1. The predicted molar refractivity (Wildman–Crippen MR) is 93.4 cm³/mol. The van der Waals surface area contributed by atoms with Crippen LogP contribution in [0.2, 0.25) is 5.02 Å². The summed E-state index contributed by atoms with van der Waals surface area (Å²) in [4.78, 5) is 12.2. The van der Waals surface area contributed by atoms with Gasteiger partial charge in [-0.2, -0.15) is 10.2 Å². The van der Waals surface area contributed by atoms with Crippen molar-refractivity contribution in [2.24, 2.45) is 7.05 Å². The van der Waals surface area contributed by atoms with Crippen LogP contribution in [0.1, 0.15) is 21.9 Å². The number of aromatic nitrogens is 4. The number of benzene rings is 1. The zero-order chi connectivity index (χ0) is 17.8. The van der Waals surface area contributed by atoms with Gasteiger partial charge in [0.15, 0.2) is 6.73 Å². The molecule has 0 atom stereocenters. The fourth-order valence-electron chi connectivity index (χ4n) is 2.23. The lowest BCUT2D eigenvalue weighted by molar-refractivity contribution is 0.0943. The Morgan fingerprint density at radius 1 is 1.28 bits per heavy atom. The number of rotatable bonds is 6. The summed E-state index contributed by atoms with van der Waals surface area (Å²) in [5.41, 5.74) is 2.15. The molecule has 3 rings (SSSR count). The summed E-state index contributed by atoms with van der Waals surface area (Å²) in [6.07, 6.45) is 1.68. The molecule has 25 heavy (non-hydrogen) atoms. The normalized spacial score (nSPS) is 10.7. The molecule has 0 bridgehead atoms. The molecule has 7 nitrogen and oxygen atoms in total. The zero-order valence-electron chi connectivity index (χ0n) is 13.9. The molecule has 0 radical (unpaired) electrons. The number of nitrogens with one attached hydrogen (secondary N) is 1. The molecule has 1 N–H and O–H groups in total. The van der Waals surface area contributed by atoms with E-state index in [1.165, 1.54) is 4.68 Å². The summed E-state index contributed by atoms with van der Waals surface area (Å²) in [5, 5.41) is 11.8. The maximum absolute atomic E-state index is 12.2. The van der Waals surface area contributed by atoms with E-state index in [-0.39, 0.29) is 12.6 Å². The highest BCUT2D eigenvalue weighted by molar-refractivity contribution is 6.32. The summed E-state index contributed by atoms with van der Waals surface area (Å²) in [6, 6.07) is 10.7. The molecular weight excluding hydrogens is 342 g/mol. The molecule has 3 aromatic rings. The minimum atomic E-state index is -0.264. The molecule has 1 amide bonds. The lowest BCUT2D eigenvalue weighted by Crippen LogP contribution is -2.24. The first-order valence-electron chi connectivity index (χ1n) is 7.71. The van der Waals surface area contributed by atoms with E-state index in [4.69, 9.17) is 16.3 Å². The molecule has 2 heterocycles. The van der Waals surface area contributed by atoms with E-state index in [0.29, 0.717) is 23.0 Å². The van der Waals surface area contributed by atoms with Crippen molar-refractivity contribution in [3.05, 3.63) is 64.7 Å². The number of aryl methyl sites for hydroxylation is 2. The second kappa shape index (κ2) is 7.40. The molecule has 0 unspecified atom stereocenters. The summed E-state index contributed by atoms with van der Waals surface area (Å²) in [6.45, 7) is 2.47. The first-order chi connectivity index (χ1) is 12.0. The second-order valence-electron chi connectivity index (χ2n) is 5.53. The molecule has 0 aliphatic carbocycles. The van der Waals surface area contributed by atoms with E-state index < -0.39 is 0 Å². The highest BCUT2D eigenvalue weighted by atomic mass is 35.5. The van der Waals surface area contributed by atoms with Crippen molar-refractivity contribution in [2.45, 2.75) is 20.2 Å². The average Bonchev–Trinajstić information content (AvgIpc) is 3.19. The lowest BCUT2D eigenvalue weighted by atomic mass is 10.3. The van der Waals surface area contributed by atoms with Crippen molar-refractivity contribution >= 4 is 17.5 Å². The second-order valence-corrected chi connectivity index (χ2v) is 5.93. The largest absolute Gasteiger partial charge is 0.470 e. The maximum Gasteiger partial charge on any atom is 0.272 e. The minimum Gasteiger partial charge on any atom is -0.470 e. The Hall–Kier alpha value is -2.80. The third-order valence-corrected chi connectivity index (χ3v) is 3.97. The molecule has 0 saturated carbocycles. The molecule has 8 heteroatoms. The van der Waals surface area contributed by atoms with Crippen molar-refractivity contribution in [2.75, 3.05) is 0 Å². The topological polar surface area (TPSA) is 74.0 Å². The Balaban J connectivity index is 1.55. The zero-order valence-corrected chi connectivity index (χ0v) is 14.7. The molecule has 1 aromatic carbocycles. The van der Waals surface area contributed by atoms with Gasteiger partial charge in [-0.05, 0) is 31.2 Å². The highest BCUT2D eigenvalue weighted by Gasteiger charge is 2.11. The van der Waals surface area contributed by atoms with Crippen LogP contribution in [0, 0.1) is 6.92 Å². The van der Waals surface area contributed by atoms with Gasteiger partial charge in [-0.25, -0.2) is 4.68 Å². The van der Waals surface area contributed by atoms with E-state index >= 15 is 0 Å². The SMILES string of the molecule is Cc1cc(CNC(=O)c2ccn(COc3ccccc3Cl)n2)nn1C. The van der Waals surface area contributed by atoms with Gasteiger partial charge in [0.2, 0.25) is 0 Å². The van der Waals surface area contributed by atoms with Gasteiger partial charge in [-0.1, -0.05) is 23.7 Å². The first kappa shape index (κ1) is 17.0. The average molecular weight is 360 g/mol. The van der Waals surface area contributed by atoms with Gasteiger partial charge in [-0.15, -0.1) is 0 Å². The quantitative estimate of drug-likeness (QED) is 0.734. The molecule has 0 aliphatic heterocycles. The van der Waals surface area contributed by atoms with Crippen LogP contribution in [0.3, 0.4) is 0 Å². The Bertz CT molecular complexity index is 867. The van der Waals surface area contributed by atoms with Crippen LogP contribution >= 0.6 is 11.6 Å². The Kier molecular flexibility index (Phi) is 5.04. The number of carbonyl (C=O) groups excluding carboxylic acids is 1. The van der Waals surface area contributed by atoms with E-state index in [9.17, 15) is 4.79 Å². The molecular formula is C17H18ClN5O2. The van der Waals surface area contributed by atoms with Crippen LogP contribution in [0.25, 0.3) is 0 Å². The van der Waals surface area contributed by atoms with Gasteiger partial charge in [0.1, 0.15) is 11.4 Å². The molecule has 0 saturated heterocycles. The van der Waals surface area contributed by atoms with Crippen molar-refractivity contribution in [1.82, 2.24) is 24.9 Å². The number of amides is 1. The summed E-state index contributed by atoms with van der Waals surface area (Å²) in [7, 11) is 1.86. The van der Waals surface area contributed by atoms with Crippen LogP contribution in [0.15, 0.2) is 42.6 Å². The summed E-state index contributed by atoms with van der Waals surface area (Å²) >= 11 is 6.03. The van der Waals surface area contributed by atoms with Crippen LogP contribution in [0.4, 0.5) is 0 Å². The van der Waals surface area contributed by atoms with Crippen LogP contribution in [-0.4, -0.2) is 25.5 Å². The fraction of sp³-hybridized carbons (Fsp3) is 0.235. The van der Waals surface area contributed by atoms with Gasteiger partial charge in [0.25, 0.3) is 5.91 Å². The van der Waals surface area contributed by atoms with Gasteiger partial charge in [0.05, 0.1) is 17.3 Å². The Labute approximate surface area is 150 Å². The standard InChI is InChI=1S/C17H18ClN5O2/c1-12-9-13(20-22(12)2)10-19-17(24)15-7-8-23(21-15)11-25-16-6-4-3-5-14(16)18/h3-9H,10-11H2,1-2H3,(H,19,24). The number of nitrogens with zero attached hydrogens (tertiary/aromatic N) is 4. The third kappa shape index (κ3) is 4.19. The number of carbonyl (C=O) groups is 1. The van der Waals surface area contributed by atoms with Crippen molar-refractivity contribution in [1.29, 1.82) is 0 Å². The smallest absolute Gasteiger partial charge is 0.272 e. The van der Waals surface area contributed by atoms with Crippen molar-refractivity contribution in [3.63, 3.8) is 0 Å². The van der Waals surface area contributed by atoms with E-state index in [1.807, 2.05) is 32.2 Å². The van der Waals surface area contributed by atoms with E-state index in [1.54, 1.807) is 29.1 Å². The van der Waals surface area contributed by atoms with Crippen LogP contribution in [0.5, 0.6) is 5.75 Å². The van der Waals surface area contributed by atoms with Gasteiger partial charge in [0, 0.05) is 18.9 Å². The number of hydrogen-bond acceptors (Lipinski definition) is 4. The number of halogens is 1. The lowest BCUT2D eigenvalue weighted by Gasteiger charge is -2.07. The maximum atomic E-state index is 12.2. The molecule has 0 fully saturated rings. The third-order valence-electron chi connectivity index (χ3n) is 3.66. The highest BCUT2D eigenvalue weighted by Crippen LogP contribution is 2.23. The van der Waals surface area contributed by atoms with Crippen molar-refractivity contribution < 1.29 is 9.53 Å². The molecule has 0 aliphatic rings. The van der Waals surface area contributed by atoms with E-state index in [2.05, 4.69) is 15.5 Å². The van der Waals surface area contributed by atoms with Crippen LogP contribution in [-0.2, 0) is 20.3 Å². The van der Waals surface area contributed by atoms with Gasteiger partial charge >= 0.3 is 0 Å². The monoisotopic (exact) mass is 359 g/mol. The predicted octanol–water partition coefficient (Wildman–Crippen LogP) is 2.54. The van der Waals surface area contributed by atoms with Crippen molar-refractivity contribution in [3.8, 4) is 5.75 Å². The fourth-order valence-corrected chi connectivity index (χ4v) is 2.43. The van der Waals surface area contributed by atoms with E-state index in [0.717, 1.165) is 11.4 Å². The summed E-state index contributed by atoms with van der Waals surface area (Å²) < 4.78 is 8.88. The minimum absolute atomic E-state index is 0.163.